The number of aromatic nitrogens is 1. The molecule has 3 aromatic rings. The van der Waals surface area contributed by atoms with Crippen molar-refractivity contribution < 1.29 is 19.4 Å². The maximum absolute atomic E-state index is 12.6. The van der Waals surface area contributed by atoms with Crippen molar-refractivity contribution in [2.45, 2.75) is 69.7 Å². The Bertz CT molecular complexity index is 1230. The van der Waals surface area contributed by atoms with E-state index in [1.807, 2.05) is 36.4 Å². The zero-order chi connectivity index (χ0) is 25.6. The lowest BCUT2D eigenvalue weighted by Gasteiger charge is -2.16. The Kier molecular flexibility index (Phi) is 7.83. The summed E-state index contributed by atoms with van der Waals surface area (Å²) in [5.41, 5.74) is 6.33. The molecule has 6 nitrogen and oxygen atoms in total. The van der Waals surface area contributed by atoms with E-state index in [1.165, 1.54) is 42.5 Å². The van der Waals surface area contributed by atoms with E-state index in [0.717, 1.165) is 42.7 Å². The topological polar surface area (TPSA) is 88.5 Å². The van der Waals surface area contributed by atoms with Crippen LogP contribution in [-0.4, -0.2) is 34.6 Å². The van der Waals surface area contributed by atoms with Crippen LogP contribution in [0.3, 0.4) is 0 Å². The average Bonchev–Trinajstić information content (AvgIpc) is 3.77. The largest absolute Gasteiger partial charge is 0.494 e. The molecule has 0 radical (unpaired) electrons. The maximum Gasteiger partial charge on any atom is 0.326 e. The molecule has 2 aliphatic rings. The first-order valence-corrected chi connectivity index (χ1v) is 13.4. The molecule has 37 heavy (non-hydrogen) atoms. The fourth-order valence-electron chi connectivity index (χ4n) is 4.93. The summed E-state index contributed by atoms with van der Waals surface area (Å²) in [4.78, 5) is 29.3. The van der Waals surface area contributed by atoms with Crippen molar-refractivity contribution in [3.63, 3.8) is 0 Å². The number of aryl methyl sites for hydroxylation is 3. The molecule has 5 rings (SSSR count). The summed E-state index contributed by atoms with van der Waals surface area (Å²) in [6, 6.07) is 18.2. The van der Waals surface area contributed by atoms with Crippen LogP contribution in [0.5, 0.6) is 5.75 Å². The van der Waals surface area contributed by atoms with Gasteiger partial charge in [0.25, 0.3) is 5.91 Å². The summed E-state index contributed by atoms with van der Waals surface area (Å²) in [5.74, 6) is -0.0714. The lowest BCUT2D eigenvalue weighted by atomic mass is 9.95. The van der Waals surface area contributed by atoms with Crippen LogP contribution in [0.1, 0.15) is 76.5 Å². The fourth-order valence-corrected chi connectivity index (χ4v) is 4.93. The Morgan fingerprint density at radius 2 is 1.73 bits per heavy atom. The van der Waals surface area contributed by atoms with Gasteiger partial charge in [-0.15, -0.1) is 0 Å². The number of carbonyl (C=O) groups is 2. The number of ether oxygens (including phenoxy) is 1. The third-order valence-corrected chi connectivity index (χ3v) is 7.27. The third kappa shape index (κ3) is 6.76. The van der Waals surface area contributed by atoms with Gasteiger partial charge >= 0.3 is 5.97 Å². The lowest BCUT2D eigenvalue weighted by molar-refractivity contribution is -0.139. The molecule has 1 fully saturated rings. The molecule has 0 spiro atoms. The second kappa shape index (κ2) is 11.6. The standard InChI is InChI=1S/C31H34N2O4/c34-30(25-13-11-23(12-14-25)22-9-10-22)33-29(31(35)36)20-21-7-17-27(18-8-21)37-19-3-5-26-16-15-24-4-1-2-6-28(24)32-26/h7-8,11-18,22,29H,1-6,9-10,19-20H2,(H,33,34)(H,35,36). The van der Waals surface area contributed by atoms with Crippen LogP contribution in [0.4, 0.5) is 0 Å². The summed E-state index contributed by atoms with van der Waals surface area (Å²) in [6.07, 6.45) is 9.09. The summed E-state index contributed by atoms with van der Waals surface area (Å²) in [5, 5.41) is 12.3. The van der Waals surface area contributed by atoms with Gasteiger partial charge in [-0.1, -0.05) is 30.3 Å². The van der Waals surface area contributed by atoms with E-state index in [4.69, 9.17) is 9.72 Å². The number of benzene rings is 2. The number of pyridine rings is 1. The molecular formula is C31H34N2O4. The Labute approximate surface area is 218 Å². The molecule has 1 saturated carbocycles. The van der Waals surface area contributed by atoms with E-state index < -0.39 is 12.0 Å². The number of nitrogens with one attached hydrogen (secondary N) is 1. The second-order valence-corrected chi connectivity index (χ2v) is 10.2. The van der Waals surface area contributed by atoms with E-state index >= 15 is 0 Å². The van der Waals surface area contributed by atoms with Gasteiger partial charge in [0.1, 0.15) is 11.8 Å². The van der Waals surface area contributed by atoms with Gasteiger partial charge in [0.2, 0.25) is 0 Å². The van der Waals surface area contributed by atoms with Crippen molar-refractivity contribution in [2.75, 3.05) is 6.61 Å². The minimum Gasteiger partial charge on any atom is -0.494 e. The van der Waals surface area contributed by atoms with E-state index in [-0.39, 0.29) is 12.3 Å². The number of carboxylic acid groups (broad SMARTS) is 1. The van der Waals surface area contributed by atoms with Gasteiger partial charge in [0.15, 0.2) is 0 Å². The molecule has 0 aliphatic heterocycles. The zero-order valence-electron chi connectivity index (χ0n) is 21.1. The molecule has 0 bridgehead atoms. The molecule has 1 atom stereocenters. The number of nitrogens with zero attached hydrogens (tertiary/aromatic N) is 1. The monoisotopic (exact) mass is 498 g/mol. The van der Waals surface area contributed by atoms with Crippen LogP contribution < -0.4 is 10.1 Å². The highest BCUT2D eigenvalue weighted by Crippen LogP contribution is 2.39. The summed E-state index contributed by atoms with van der Waals surface area (Å²) in [7, 11) is 0. The lowest BCUT2D eigenvalue weighted by Crippen LogP contribution is -2.42. The number of carbonyl (C=O) groups excluding carboxylic acids is 1. The van der Waals surface area contributed by atoms with Gasteiger partial charge in [-0.25, -0.2) is 4.79 Å². The minimum atomic E-state index is -1.06. The molecule has 6 heteroatoms. The van der Waals surface area contributed by atoms with Gasteiger partial charge in [0, 0.05) is 23.4 Å². The number of amides is 1. The van der Waals surface area contributed by atoms with E-state index in [2.05, 4.69) is 17.4 Å². The van der Waals surface area contributed by atoms with Crippen molar-refractivity contribution in [3.05, 3.63) is 94.3 Å². The Morgan fingerprint density at radius 1 is 0.973 bits per heavy atom. The van der Waals surface area contributed by atoms with Gasteiger partial charge < -0.3 is 15.2 Å². The fraction of sp³-hybridized carbons (Fsp3) is 0.387. The summed E-state index contributed by atoms with van der Waals surface area (Å²) >= 11 is 0. The van der Waals surface area contributed by atoms with Crippen molar-refractivity contribution in [2.24, 2.45) is 0 Å². The molecule has 192 valence electrons. The normalized spacial score (nSPS) is 15.5. The predicted molar refractivity (Wildman–Crippen MR) is 142 cm³/mol. The van der Waals surface area contributed by atoms with Crippen LogP contribution in [0.2, 0.25) is 0 Å². The predicted octanol–water partition coefficient (Wildman–Crippen LogP) is 5.28. The third-order valence-electron chi connectivity index (χ3n) is 7.27. The summed E-state index contributed by atoms with van der Waals surface area (Å²) < 4.78 is 5.89. The van der Waals surface area contributed by atoms with Gasteiger partial charge in [0.05, 0.1) is 6.61 Å². The molecular weight excluding hydrogens is 464 g/mol. The highest BCUT2D eigenvalue weighted by atomic mass is 16.5. The molecule has 1 unspecified atom stereocenters. The number of hydrogen-bond acceptors (Lipinski definition) is 4. The number of hydrogen-bond donors (Lipinski definition) is 2. The Morgan fingerprint density at radius 3 is 2.46 bits per heavy atom. The maximum atomic E-state index is 12.6. The molecule has 2 aliphatic carbocycles. The summed E-state index contributed by atoms with van der Waals surface area (Å²) in [6.45, 7) is 0.589. The first-order chi connectivity index (χ1) is 18.0. The van der Waals surface area contributed by atoms with E-state index in [9.17, 15) is 14.7 Å². The van der Waals surface area contributed by atoms with Crippen molar-refractivity contribution in [1.29, 1.82) is 0 Å². The quantitative estimate of drug-likeness (QED) is 0.352. The minimum absolute atomic E-state index is 0.200. The zero-order valence-corrected chi connectivity index (χ0v) is 21.1. The van der Waals surface area contributed by atoms with Crippen molar-refractivity contribution >= 4 is 11.9 Å². The first kappa shape index (κ1) is 25.0. The van der Waals surface area contributed by atoms with Crippen LogP contribution in [0, 0.1) is 0 Å². The van der Waals surface area contributed by atoms with Crippen LogP contribution in [-0.2, 0) is 30.5 Å². The molecule has 1 heterocycles. The number of carboxylic acids is 1. The van der Waals surface area contributed by atoms with Gasteiger partial charge in [-0.3, -0.25) is 9.78 Å². The SMILES string of the molecule is O=C(NC(Cc1ccc(OCCCc2ccc3c(n2)CCCC3)cc1)C(=O)O)c1ccc(C2CC2)cc1. The Hall–Kier alpha value is -3.67. The van der Waals surface area contributed by atoms with Crippen molar-refractivity contribution in [3.8, 4) is 5.75 Å². The number of fused-ring (bicyclic) bond motifs is 1. The molecule has 0 saturated heterocycles. The molecule has 2 aromatic carbocycles. The molecule has 1 aromatic heterocycles. The number of aliphatic carboxylic acids is 1. The molecule has 1 amide bonds. The molecule has 2 N–H and O–H groups in total. The van der Waals surface area contributed by atoms with Crippen LogP contribution in [0.25, 0.3) is 0 Å². The average molecular weight is 499 g/mol. The van der Waals surface area contributed by atoms with Crippen LogP contribution in [0.15, 0.2) is 60.7 Å². The van der Waals surface area contributed by atoms with E-state index in [1.54, 1.807) is 12.1 Å². The van der Waals surface area contributed by atoms with E-state index in [0.29, 0.717) is 18.1 Å². The first-order valence-electron chi connectivity index (χ1n) is 13.4. The van der Waals surface area contributed by atoms with Crippen LogP contribution >= 0.6 is 0 Å². The highest BCUT2D eigenvalue weighted by Gasteiger charge is 2.24. The van der Waals surface area contributed by atoms with Gasteiger partial charge in [-0.05, 0) is 104 Å². The smallest absolute Gasteiger partial charge is 0.326 e. The van der Waals surface area contributed by atoms with Crippen molar-refractivity contribution in [1.82, 2.24) is 10.3 Å². The van der Waals surface area contributed by atoms with Gasteiger partial charge in [-0.2, -0.15) is 0 Å². The Balaban J connectivity index is 1.08. The second-order valence-electron chi connectivity index (χ2n) is 10.2. The highest BCUT2D eigenvalue weighted by molar-refractivity contribution is 5.96. The number of rotatable bonds is 11.